The fourth-order valence-corrected chi connectivity index (χ4v) is 3.76. The molecule has 1 rings (SSSR count). The van der Waals surface area contributed by atoms with Gasteiger partial charge in [0.05, 0.1) is 7.11 Å². The molecule has 0 aliphatic rings. The van der Waals surface area contributed by atoms with Crippen LogP contribution < -0.4 is 9.47 Å². The van der Waals surface area contributed by atoms with E-state index in [0.717, 1.165) is 13.2 Å². The van der Waals surface area contributed by atoms with Crippen molar-refractivity contribution in [2.75, 3.05) is 7.11 Å². The van der Waals surface area contributed by atoms with Crippen LogP contribution in [0.1, 0.15) is 0 Å². The number of halogens is 5. The van der Waals surface area contributed by atoms with Crippen molar-refractivity contribution in [3.63, 3.8) is 0 Å². The summed E-state index contributed by atoms with van der Waals surface area (Å²) in [6, 6.07) is 1.11. The number of hydrogen-bond donors (Lipinski definition) is 0. The van der Waals surface area contributed by atoms with Crippen LogP contribution in [0.2, 0.25) is 0 Å². The van der Waals surface area contributed by atoms with Crippen molar-refractivity contribution in [3.8, 4) is 11.8 Å². The first-order valence-electron chi connectivity index (χ1n) is 3.99. The van der Waals surface area contributed by atoms with E-state index in [-0.39, 0.29) is 9.45 Å². The first kappa shape index (κ1) is 15.6. The lowest BCUT2D eigenvalue weighted by Gasteiger charge is -2.12. The highest BCUT2D eigenvalue weighted by molar-refractivity contribution is 14.1. The van der Waals surface area contributed by atoms with E-state index >= 15 is 0 Å². The molecule has 0 aromatic carbocycles. The third kappa shape index (κ3) is 4.02. The first-order valence-corrected chi connectivity index (χ1v) is 7.38. The van der Waals surface area contributed by atoms with Gasteiger partial charge in [0.15, 0.2) is 4.90 Å². The quantitative estimate of drug-likeness (QED) is 0.559. The zero-order valence-electron chi connectivity index (χ0n) is 8.46. The number of aromatic nitrogens is 1. The standard InChI is InChI=1S/C7H4ClF3INO4S/c1-16-4-2-3(12)5(18(8,14)15)6(13-4)17-7(9,10)11/h2H,1H3. The van der Waals surface area contributed by atoms with Gasteiger partial charge in [0.25, 0.3) is 9.05 Å². The molecule has 5 nitrogen and oxygen atoms in total. The van der Waals surface area contributed by atoms with E-state index in [0.29, 0.717) is 0 Å². The molecular formula is C7H4ClF3INO4S. The lowest BCUT2D eigenvalue weighted by Crippen LogP contribution is -2.20. The summed E-state index contributed by atoms with van der Waals surface area (Å²) < 4.78 is 66.8. The van der Waals surface area contributed by atoms with E-state index in [2.05, 4.69) is 14.5 Å². The highest BCUT2D eigenvalue weighted by atomic mass is 127. The highest BCUT2D eigenvalue weighted by Crippen LogP contribution is 2.35. The Balaban J connectivity index is 3.49. The summed E-state index contributed by atoms with van der Waals surface area (Å²) in [6.45, 7) is 0. The van der Waals surface area contributed by atoms with Crippen molar-refractivity contribution < 1.29 is 31.1 Å². The molecular weight excluding hydrogens is 413 g/mol. The maximum absolute atomic E-state index is 12.1. The zero-order valence-corrected chi connectivity index (χ0v) is 12.2. The minimum Gasteiger partial charge on any atom is -0.481 e. The van der Waals surface area contributed by atoms with E-state index in [1.54, 1.807) is 0 Å². The summed E-state index contributed by atoms with van der Waals surface area (Å²) in [5.74, 6) is -1.41. The molecule has 18 heavy (non-hydrogen) atoms. The van der Waals surface area contributed by atoms with Crippen molar-refractivity contribution in [3.05, 3.63) is 9.64 Å². The van der Waals surface area contributed by atoms with Crippen molar-refractivity contribution in [2.45, 2.75) is 11.3 Å². The smallest absolute Gasteiger partial charge is 0.481 e. The second-order valence-corrected chi connectivity index (χ2v) is 6.43. The van der Waals surface area contributed by atoms with Gasteiger partial charge >= 0.3 is 6.36 Å². The summed E-state index contributed by atoms with van der Waals surface area (Å²) in [5.41, 5.74) is 0. The largest absolute Gasteiger partial charge is 0.574 e. The minimum absolute atomic E-state index is 0.103. The van der Waals surface area contributed by atoms with Crippen molar-refractivity contribution in [2.24, 2.45) is 0 Å². The fourth-order valence-electron chi connectivity index (χ4n) is 0.963. The predicted octanol–water partition coefficient (Wildman–Crippen LogP) is 2.52. The molecule has 0 saturated heterocycles. The number of alkyl halides is 3. The van der Waals surface area contributed by atoms with Gasteiger partial charge in [-0.1, -0.05) is 0 Å². The molecule has 1 aromatic heterocycles. The number of methoxy groups -OCH3 is 1. The van der Waals surface area contributed by atoms with E-state index in [4.69, 9.17) is 10.7 Å². The Kier molecular flexibility index (Phi) is 4.54. The summed E-state index contributed by atoms with van der Waals surface area (Å²) in [4.78, 5) is 2.41. The molecule has 0 radical (unpaired) electrons. The van der Waals surface area contributed by atoms with Crippen LogP contribution in [-0.4, -0.2) is 26.9 Å². The average molecular weight is 418 g/mol. The third-order valence-electron chi connectivity index (χ3n) is 1.54. The summed E-state index contributed by atoms with van der Waals surface area (Å²) >= 11 is 1.48. The van der Waals surface area contributed by atoms with E-state index in [1.165, 1.54) is 22.6 Å². The SMILES string of the molecule is COc1cc(I)c(S(=O)(=O)Cl)c(OC(F)(F)F)n1. The van der Waals surface area contributed by atoms with Gasteiger partial charge in [-0.05, 0) is 22.6 Å². The van der Waals surface area contributed by atoms with Crippen LogP contribution in [0.5, 0.6) is 11.8 Å². The molecule has 11 heteroatoms. The predicted molar refractivity (Wildman–Crippen MR) is 63.2 cm³/mol. The Labute approximate surface area is 118 Å². The van der Waals surface area contributed by atoms with Gasteiger partial charge in [-0.15, -0.1) is 13.2 Å². The second-order valence-electron chi connectivity index (χ2n) is 2.77. The van der Waals surface area contributed by atoms with Crippen LogP contribution in [-0.2, 0) is 9.05 Å². The third-order valence-corrected chi connectivity index (χ3v) is 4.10. The zero-order chi connectivity index (χ0) is 14.1. The van der Waals surface area contributed by atoms with Crippen LogP contribution in [0.15, 0.2) is 11.0 Å². The normalized spacial score (nSPS) is 12.3. The van der Waals surface area contributed by atoms with Crippen LogP contribution in [0.3, 0.4) is 0 Å². The van der Waals surface area contributed by atoms with Gasteiger partial charge in [-0.25, -0.2) is 8.42 Å². The number of pyridine rings is 1. The van der Waals surface area contributed by atoms with Crippen LogP contribution in [0.4, 0.5) is 13.2 Å². The lowest BCUT2D eigenvalue weighted by molar-refractivity contribution is -0.277. The monoisotopic (exact) mass is 417 g/mol. The molecule has 0 unspecified atom stereocenters. The molecule has 0 atom stereocenters. The number of nitrogens with zero attached hydrogens (tertiary/aromatic N) is 1. The Morgan fingerprint density at radius 2 is 2.00 bits per heavy atom. The van der Waals surface area contributed by atoms with Crippen LogP contribution in [0.25, 0.3) is 0 Å². The molecule has 0 amide bonds. The summed E-state index contributed by atoms with van der Waals surface area (Å²) in [5, 5.41) is 0. The summed E-state index contributed by atoms with van der Waals surface area (Å²) in [7, 11) is 1.75. The lowest BCUT2D eigenvalue weighted by atomic mass is 10.4. The number of hydrogen-bond acceptors (Lipinski definition) is 5. The van der Waals surface area contributed by atoms with Gasteiger partial charge in [0.1, 0.15) is 0 Å². The molecule has 102 valence electrons. The maximum Gasteiger partial charge on any atom is 0.574 e. The molecule has 0 N–H and O–H groups in total. The maximum atomic E-state index is 12.1. The Morgan fingerprint density at radius 1 is 1.44 bits per heavy atom. The Bertz CT molecular complexity index is 563. The molecule has 1 heterocycles. The second kappa shape index (κ2) is 5.25. The number of ether oxygens (including phenoxy) is 2. The van der Waals surface area contributed by atoms with Gasteiger partial charge in [0, 0.05) is 20.3 Å². The van der Waals surface area contributed by atoms with Gasteiger partial charge in [0.2, 0.25) is 11.8 Å². The van der Waals surface area contributed by atoms with Gasteiger partial charge in [-0.3, -0.25) is 0 Å². The number of rotatable bonds is 3. The Morgan fingerprint density at radius 3 is 2.39 bits per heavy atom. The minimum atomic E-state index is -5.10. The topological polar surface area (TPSA) is 65.5 Å². The van der Waals surface area contributed by atoms with E-state index in [9.17, 15) is 21.6 Å². The molecule has 1 aromatic rings. The molecule has 0 spiro atoms. The highest BCUT2D eigenvalue weighted by Gasteiger charge is 2.36. The van der Waals surface area contributed by atoms with E-state index < -0.39 is 26.2 Å². The molecule has 0 aliphatic heterocycles. The Hall–Kier alpha value is -0.490. The summed E-state index contributed by atoms with van der Waals surface area (Å²) in [6.07, 6.45) is -5.10. The van der Waals surface area contributed by atoms with Gasteiger partial charge < -0.3 is 9.47 Å². The van der Waals surface area contributed by atoms with Crippen LogP contribution >= 0.6 is 33.3 Å². The molecule has 0 saturated carbocycles. The average Bonchev–Trinajstić information content (AvgIpc) is 2.11. The molecule has 0 bridgehead atoms. The molecule has 0 aliphatic carbocycles. The van der Waals surface area contributed by atoms with Crippen LogP contribution in [0, 0.1) is 3.57 Å². The van der Waals surface area contributed by atoms with Gasteiger partial charge in [-0.2, -0.15) is 4.98 Å². The first-order chi connectivity index (χ1) is 8.04. The fraction of sp³-hybridized carbons (Fsp3) is 0.286. The van der Waals surface area contributed by atoms with Crippen molar-refractivity contribution >= 4 is 42.3 Å². The molecule has 0 fully saturated rings. The van der Waals surface area contributed by atoms with Crippen molar-refractivity contribution in [1.82, 2.24) is 4.98 Å². The van der Waals surface area contributed by atoms with Crippen molar-refractivity contribution in [1.29, 1.82) is 0 Å². The van der Waals surface area contributed by atoms with E-state index in [1.807, 2.05) is 0 Å².